The van der Waals surface area contributed by atoms with Gasteiger partial charge in [-0.3, -0.25) is 9.59 Å². The maximum absolute atomic E-state index is 14.2. The summed E-state index contributed by atoms with van der Waals surface area (Å²) in [6, 6.07) is 11.3. The van der Waals surface area contributed by atoms with Crippen molar-refractivity contribution in [3.63, 3.8) is 0 Å². The Kier molecular flexibility index (Phi) is 12.4. The van der Waals surface area contributed by atoms with E-state index in [0.29, 0.717) is 13.1 Å². The summed E-state index contributed by atoms with van der Waals surface area (Å²) in [5.41, 5.74) is 8.55. The predicted octanol–water partition coefficient (Wildman–Crippen LogP) is 8.98. The number of amides is 4. The molecule has 6 aliphatic rings. The van der Waals surface area contributed by atoms with Gasteiger partial charge in [-0.1, -0.05) is 74.9 Å². The topological polar surface area (TPSA) is 184 Å². The second-order valence-corrected chi connectivity index (χ2v) is 19.0. The molecule has 2 unspecified atom stereocenters. The van der Waals surface area contributed by atoms with Crippen LogP contribution in [0.2, 0.25) is 0 Å². The van der Waals surface area contributed by atoms with Gasteiger partial charge < -0.3 is 44.6 Å². The molecule has 4 N–H and O–H groups in total. The number of nitrogens with zero attached hydrogens (tertiary/aromatic N) is 4. The van der Waals surface area contributed by atoms with Gasteiger partial charge >= 0.3 is 12.2 Å². The van der Waals surface area contributed by atoms with Crippen LogP contribution < -0.4 is 10.6 Å². The van der Waals surface area contributed by atoms with Crippen molar-refractivity contribution in [2.45, 2.75) is 139 Å². The molecule has 6 heterocycles. The Morgan fingerprint density at radius 2 is 1.05 bits per heavy atom. The molecule has 2 bridgehead atoms. The molecule has 10 rings (SSSR count). The number of aromatic nitrogens is 4. The number of benzene rings is 2. The summed E-state index contributed by atoms with van der Waals surface area (Å²) in [6.07, 6.45) is 18.1. The van der Waals surface area contributed by atoms with E-state index in [1.165, 1.54) is 25.3 Å². The maximum Gasteiger partial charge on any atom is 0.407 e. The fourth-order valence-electron chi connectivity index (χ4n) is 12.1. The third kappa shape index (κ3) is 8.40. The molecule has 6 atom stereocenters. The van der Waals surface area contributed by atoms with Crippen LogP contribution in [0.5, 0.6) is 0 Å². The largest absolute Gasteiger partial charge is 0.453 e. The lowest BCUT2D eigenvalue weighted by Gasteiger charge is -2.34. The molecule has 2 aliphatic carbocycles. The quantitative estimate of drug-likeness (QED) is 0.114. The number of carbonyl (C=O) groups excluding carboxylic acids is 4. The highest BCUT2D eigenvalue weighted by Crippen LogP contribution is 2.56. The molecule has 65 heavy (non-hydrogen) atoms. The van der Waals surface area contributed by atoms with Gasteiger partial charge in [-0.05, 0) is 104 Å². The highest BCUT2D eigenvalue weighted by Gasteiger charge is 2.44. The third-order valence-corrected chi connectivity index (χ3v) is 15.3. The minimum absolute atomic E-state index is 0.000758. The van der Waals surface area contributed by atoms with Crippen LogP contribution in [0.25, 0.3) is 33.6 Å². The number of aromatic amines is 2. The van der Waals surface area contributed by atoms with Gasteiger partial charge in [-0.25, -0.2) is 19.6 Å². The number of fused-ring (bicyclic) bond motifs is 5. The lowest BCUT2D eigenvalue weighted by molar-refractivity contribution is -0.136. The Balaban J connectivity index is 0.864. The number of methoxy groups -OCH3 is 2. The number of imidazole rings is 2. The Morgan fingerprint density at radius 1 is 0.585 bits per heavy atom. The van der Waals surface area contributed by atoms with Crippen LogP contribution in [0, 0.1) is 11.8 Å². The molecule has 2 aromatic heterocycles. The first-order valence-corrected chi connectivity index (χ1v) is 24.1. The molecule has 2 saturated carbocycles. The van der Waals surface area contributed by atoms with E-state index in [0.717, 1.165) is 148 Å². The standard InChI is InChI=1S/C50H62N8O7/c1-63-49(61)55-43(31-11-5-3-6-12-31)47(59)57-25-9-15-37(57)45-51-27-35(53-45)30-19-17-29(18-20-30)33-21-22-34(42-40-24-23-39(65-40)41(33)42)36-28-52-46(54-36)38-16-10-26-58(38)48(60)44(56-50(62)64-2)32-13-7-4-8-14-32/h17-22,27-28,31-32,37-40,43-44H,3-16,23-26H2,1-2H3,(H,51,53)(H,52,54)(H,55,61)(H,56,62)/t37-,38+,39?,40?,43+,44+/m1/s1. The average Bonchev–Trinajstić information content (AvgIpc) is 4.22. The van der Waals surface area contributed by atoms with E-state index in [1.54, 1.807) is 0 Å². The molecule has 5 fully saturated rings. The summed E-state index contributed by atoms with van der Waals surface area (Å²) in [4.78, 5) is 73.8. The highest BCUT2D eigenvalue weighted by atomic mass is 16.5. The molecule has 4 aliphatic heterocycles. The first kappa shape index (κ1) is 43.2. The molecule has 4 amide bonds. The number of alkyl carbamates (subject to hydrolysis) is 2. The van der Waals surface area contributed by atoms with Gasteiger partial charge in [0, 0.05) is 18.7 Å². The van der Waals surface area contributed by atoms with E-state index in [9.17, 15) is 19.2 Å². The molecule has 4 aromatic rings. The minimum atomic E-state index is -0.615. The summed E-state index contributed by atoms with van der Waals surface area (Å²) < 4.78 is 16.5. The molecule has 15 heteroatoms. The molecular weight excluding hydrogens is 825 g/mol. The summed E-state index contributed by atoms with van der Waals surface area (Å²) in [7, 11) is 2.68. The monoisotopic (exact) mass is 886 g/mol. The number of carbonyl (C=O) groups is 4. The zero-order chi connectivity index (χ0) is 44.6. The number of ether oxygens (including phenoxy) is 3. The second kappa shape index (κ2) is 18.7. The average molecular weight is 887 g/mol. The van der Waals surface area contributed by atoms with Gasteiger partial charge in [0.15, 0.2) is 0 Å². The fraction of sp³-hybridized carbons (Fsp3) is 0.560. The Labute approximate surface area is 380 Å². The number of likely N-dealkylation sites (tertiary alicyclic amines) is 2. The van der Waals surface area contributed by atoms with Crippen molar-refractivity contribution >= 4 is 24.0 Å². The van der Waals surface area contributed by atoms with E-state index in [2.05, 4.69) is 57.0 Å². The van der Waals surface area contributed by atoms with E-state index in [-0.39, 0.29) is 47.9 Å². The maximum atomic E-state index is 14.2. The molecule has 0 radical (unpaired) electrons. The number of hydrogen-bond donors (Lipinski definition) is 4. The lowest BCUT2D eigenvalue weighted by Crippen LogP contribution is -2.52. The highest BCUT2D eigenvalue weighted by molar-refractivity contribution is 5.87. The first-order chi connectivity index (χ1) is 31.8. The van der Waals surface area contributed by atoms with Gasteiger partial charge in [-0.2, -0.15) is 0 Å². The lowest BCUT2D eigenvalue weighted by atomic mass is 9.82. The summed E-state index contributed by atoms with van der Waals surface area (Å²) in [6.45, 7) is 1.24. The Bertz CT molecular complexity index is 2380. The van der Waals surface area contributed by atoms with Crippen LogP contribution in [-0.4, -0.2) is 93.1 Å². The predicted molar refractivity (Wildman–Crippen MR) is 242 cm³/mol. The van der Waals surface area contributed by atoms with Crippen LogP contribution in [0.4, 0.5) is 9.59 Å². The van der Waals surface area contributed by atoms with Crippen molar-refractivity contribution in [2.75, 3.05) is 27.3 Å². The zero-order valence-electron chi connectivity index (χ0n) is 37.6. The second-order valence-electron chi connectivity index (χ2n) is 19.0. The van der Waals surface area contributed by atoms with Crippen molar-refractivity contribution in [3.05, 3.63) is 71.6 Å². The molecule has 3 saturated heterocycles. The molecule has 344 valence electrons. The minimum Gasteiger partial charge on any atom is -0.453 e. The van der Waals surface area contributed by atoms with Crippen LogP contribution >= 0.6 is 0 Å². The molecular formula is C50H62N8O7. The van der Waals surface area contributed by atoms with E-state index in [4.69, 9.17) is 24.2 Å². The summed E-state index contributed by atoms with van der Waals surface area (Å²) >= 11 is 0. The van der Waals surface area contributed by atoms with Crippen molar-refractivity contribution in [3.8, 4) is 33.6 Å². The van der Waals surface area contributed by atoms with E-state index in [1.807, 2.05) is 22.2 Å². The number of rotatable bonds is 11. The first-order valence-electron chi connectivity index (χ1n) is 24.1. The number of nitrogens with one attached hydrogen (secondary N) is 4. The Morgan fingerprint density at radius 3 is 1.57 bits per heavy atom. The normalized spacial score (nSPS) is 24.2. The third-order valence-electron chi connectivity index (χ3n) is 15.3. The van der Waals surface area contributed by atoms with Crippen LogP contribution in [0.1, 0.15) is 150 Å². The van der Waals surface area contributed by atoms with Crippen molar-refractivity contribution in [1.82, 2.24) is 40.4 Å². The molecule has 2 aromatic carbocycles. The van der Waals surface area contributed by atoms with Crippen molar-refractivity contribution < 1.29 is 33.4 Å². The van der Waals surface area contributed by atoms with Gasteiger partial charge in [0.05, 0.1) is 62.3 Å². The smallest absolute Gasteiger partial charge is 0.407 e. The summed E-state index contributed by atoms with van der Waals surface area (Å²) in [5.74, 6) is 1.58. The van der Waals surface area contributed by atoms with Crippen LogP contribution in [0.15, 0.2) is 48.8 Å². The van der Waals surface area contributed by atoms with E-state index >= 15 is 0 Å². The van der Waals surface area contributed by atoms with Crippen molar-refractivity contribution in [2.24, 2.45) is 11.8 Å². The van der Waals surface area contributed by atoms with Crippen LogP contribution in [-0.2, 0) is 23.8 Å². The fourth-order valence-corrected chi connectivity index (χ4v) is 12.1. The summed E-state index contributed by atoms with van der Waals surface area (Å²) in [5, 5.41) is 5.78. The van der Waals surface area contributed by atoms with Gasteiger partial charge in [0.1, 0.15) is 23.7 Å². The number of hydrogen-bond acceptors (Lipinski definition) is 9. The zero-order valence-corrected chi connectivity index (χ0v) is 37.6. The van der Waals surface area contributed by atoms with Crippen molar-refractivity contribution in [1.29, 1.82) is 0 Å². The van der Waals surface area contributed by atoms with Crippen LogP contribution in [0.3, 0.4) is 0 Å². The Hall–Kier alpha value is -5.70. The SMILES string of the molecule is COC(=O)N[C@H](C(=O)N1CCC[C@@H]1c1ncc(-c2ccc(-c3ccc(-c4cnc([C@@H]5CCCN5C(=O)[C@@H](NC(=O)OC)C5CCCCC5)[nH]4)c4c3C3CCC4O3)cc2)[nH]1)C1CCCCC1. The van der Waals surface area contributed by atoms with E-state index < -0.39 is 24.3 Å². The molecule has 15 nitrogen and oxygen atoms in total. The number of H-pyrrole nitrogens is 2. The van der Waals surface area contributed by atoms with Gasteiger partial charge in [-0.15, -0.1) is 0 Å². The molecule has 0 spiro atoms. The van der Waals surface area contributed by atoms with Gasteiger partial charge in [0.2, 0.25) is 11.8 Å². The van der Waals surface area contributed by atoms with Gasteiger partial charge in [0.25, 0.3) is 0 Å².